The molecule has 3 aromatic rings. The zero-order chi connectivity index (χ0) is 15.5. The topological polar surface area (TPSA) is 97.0 Å². The number of nitrogens with zero attached hydrogens (tertiary/aromatic N) is 2. The van der Waals surface area contributed by atoms with Gasteiger partial charge in [-0.05, 0) is 17.7 Å². The third kappa shape index (κ3) is 2.31. The molecule has 3 N–H and O–H groups in total. The molecular weight excluding hydrogens is 280 g/mol. The lowest BCUT2D eigenvalue weighted by molar-refractivity contribution is 0.0982. The average Bonchev–Trinajstić information content (AvgIpc) is 3.17. The summed E-state index contributed by atoms with van der Waals surface area (Å²) in [5, 5.41) is 9.32. The molecule has 0 saturated carbocycles. The van der Waals surface area contributed by atoms with Crippen molar-refractivity contribution >= 4 is 11.7 Å². The Morgan fingerprint density at radius 2 is 2.00 bits per heavy atom. The number of hydrogen-bond donors (Lipinski definition) is 2. The maximum Gasteiger partial charge on any atom is 0.305 e. The van der Waals surface area contributed by atoms with Gasteiger partial charge >= 0.3 is 5.91 Å². The van der Waals surface area contributed by atoms with Crippen molar-refractivity contribution in [3.63, 3.8) is 0 Å². The Morgan fingerprint density at radius 1 is 1.23 bits per heavy atom. The highest BCUT2D eigenvalue weighted by Gasteiger charge is 2.17. The third-order valence-corrected chi connectivity index (χ3v) is 3.21. The van der Waals surface area contributed by atoms with Gasteiger partial charge in [0.1, 0.15) is 17.5 Å². The van der Waals surface area contributed by atoms with Crippen molar-refractivity contribution in [3.05, 3.63) is 66.2 Å². The highest BCUT2D eigenvalue weighted by molar-refractivity contribution is 5.98. The summed E-state index contributed by atoms with van der Waals surface area (Å²) in [6, 6.07) is 14.6. The van der Waals surface area contributed by atoms with E-state index in [1.807, 2.05) is 30.3 Å². The lowest BCUT2D eigenvalue weighted by Crippen LogP contribution is -2.23. The molecule has 0 atom stereocenters. The second kappa shape index (κ2) is 5.50. The Labute approximate surface area is 126 Å². The summed E-state index contributed by atoms with van der Waals surface area (Å²) in [4.78, 5) is 12.0. The lowest BCUT2D eigenvalue weighted by Gasteiger charge is -2.06. The normalized spacial score (nSPS) is 10.1. The quantitative estimate of drug-likeness (QED) is 0.775. The summed E-state index contributed by atoms with van der Waals surface area (Å²) in [7, 11) is 0. The van der Waals surface area contributed by atoms with Crippen molar-refractivity contribution in [1.29, 1.82) is 5.26 Å². The number of carbonyl (C=O) groups is 1. The van der Waals surface area contributed by atoms with Crippen molar-refractivity contribution in [2.45, 2.75) is 0 Å². The summed E-state index contributed by atoms with van der Waals surface area (Å²) in [5.41, 5.74) is 10.3. The van der Waals surface area contributed by atoms with Crippen LogP contribution in [0.1, 0.15) is 16.1 Å². The van der Waals surface area contributed by atoms with Gasteiger partial charge < -0.3 is 10.2 Å². The molecule has 0 unspecified atom stereocenters. The summed E-state index contributed by atoms with van der Waals surface area (Å²) in [6.45, 7) is 0. The van der Waals surface area contributed by atoms with Crippen molar-refractivity contribution in [1.82, 2.24) is 4.68 Å². The number of nitrogen functional groups attached to an aromatic ring is 1. The van der Waals surface area contributed by atoms with E-state index >= 15 is 0 Å². The fourth-order valence-corrected chi connectivity index (χ4v) is 2.14. The van der Waals surface area contributed by atoms with Crippen LogP contribution in [0.25, 0.3) is 11.1 Å². The van der Waals surface area contributed by atoms with Crippen LogP contribution in [0.15, 0.2) is 59.3 Å². The molecule has 22 heavy (non-hydrogen) atoms. The fourth-order valence-electron chi connectivity index (χ4n) is 2.14. The number of carbonyl (C=O) groups excluding carboxylic acids is 1. The van der Waals surface area contributed by atoms with Crippen LogP contribution in [-0.2, 0) is 0 Å². The molecule has 0 aliphatic heterocycles. The van der Waals surface area contributed by atoms with E-state index in [2.05, 4.69) is 11.5 Å². The van der Waals surface area contributed by atoms with Gasteiger partial charge in [0.15, 0.2) is 5.76 Å². The van der Waals surface area contributed by atoms with Crippen molar-refractivity contribution in [2.24, 2.45) is 0 Å². The summed E-state index contributed by atoms with van der Waals surface area (Å²) in [5.74, 6) is -0.120. The fraction of sp³-hybridized carbons (Fsp3) is 0. The van der Waals surface area contributed by atoms with E-state index in [0.29, 0.717) is 11.1 Å². The number of aromatic nitrogens is 1. The van der Waals surface area contributed by atoms with E-state index in [1.54, 1.807) is 18.3 Å². The number of nitriles is 1. The Morgan fingerprint density at radius 3 is 2.64 bits per heavy atom. The van der Waals surface area contributed by atoms with Crippen LogP contribution < -0.4 is 11.2 Å². The van der Waals surface area contributed by atoms with Crippen molar-refractivity contribution < 1.29 is 9.21 Å². The Kier molecular flexibility index (Phi) is 3.38. The predicted molar refractivity (Wildman–Crippen MR) is 81.4 cm³/mol. The van der Waals surface area contributed by atoms with Gasteiger partial charge in [-0.25, -0.2) is 4.68 Å². The molecule has 0 aliphatic rings. The first-order valence-corrected chi connectivity index (χ1v) is 6.52. The molecule has 0 radical (unpaired) electrons. The lowest BCUT2D eigenvalue weighted by atomic mass is 10.1. The first-order valence-electron chi connectivity index (χ1n) is 6.52. The van der Waals surface area contributed by atoms with Crippen LogP contribution >= 0.6 is 0 Å². The molecule has 6 nitrogen and oxygen atoms in total. The summed E-state index contributed by atoms with van der Waals surface area (Å²) < 4.78 is 6.35. The molecule has 6 heteroatoms. The van der Waals surface area contributed by atoms with Gasteiger partial charge in [-0.3, -0.25) is 10.2 Å². The minimum atomic E-state index is -0.448. The van der Waals surface area contributed by atoms with Crippen LogP contribution in [-0.4, -0.2) is 10.6 Å². The molecule has 0 spiro atoms. The van der Waals surface area contributed by atoms with Gasteiger partial charge in [0.25, 0.3) is 0 Å². The van der Waals surface area contributed by atoms with Gasteiger partial charge in [0, 0.05) is 11.8 Å². The number of nitrogens with one attached hydrogen (secondary N) is 1. The van der Waals surface area contributed by atoms with E-state index in [4.69, 9.17) is 10.2 Å². The Balaban J connectivity index is 1.99. The SMILES string of the molecule is N#Cc1c(-c2ccccc2)cn(NC(=O)c2ccco2)c1N. The van der Waals surface area contributed by atoms with E-state index in [-0.39, 0.29) is 11.6 Å². The smallest absolute Gasteiger partial charge is 0.305 e. The maximum atomic E-state index is 12.0. The van der Waals surface area contributed by atoms with Gasteiger partial charge in [0.05, 0.1) is 6.26 Å². The largest absolute Gasteiger partial charge is 0.459 e. The number of amides is 1. The van der Waals surface area contributed by atoms with Crippen LogP contribution in [0.2, 0.25) is 0 Å². The number of furan rings is 1. The molecule has 1 amide bonds. The van der Waals surface area contributed by atoms with Crippen LogP contribution in [0, 0.1) is 11.3 Å². The van der Waals surface area contributed by atoms with E-state index in [9.17, 15) is 10.1 Å². The average molecular weight is 292 g/mol. The molecule has 108 valence electrons. The van der Waals surface area contributed by atoms with Crippen LogP contribution in [0.5, 0.6) is 0 Å². The highest BCUT2D eigenvalue weighted by atomic mass is 16.3. The first kappa shape index (κ1) is 13.5. The van der Waals surface area contributed by atoms with Gasteiger partial charge in [-0.2, -0.15) is 5.26 Å². The van der Waals surface area contributed by atoms with Crippen molar-refractivity contribution in [3.8, 4) is 17.2 Å². The first-order chi connectivity index (χ1) is 10.7. The van der Waals surface area contributed by atoms with Gasteiger partial charge in [-0.15, -0.1) is 0 Å². The van der Waals surface area contributed by atoms with Gasteiger partial charge in [0.2, 0.25) is 0 Å². The second-order valence-electron chi connectivity index (χ2n) is 4.57. The minimum absolute atomic E-state index is 0.160. The Bertz CT molecular complexity index is 842. The number of anilines is 1. The van der Waals surface area contributed by atoms with Crippen LogP contribution in [0.3, 0.4) is 0 Å². The second-order valence-corrected chi connectivity index (χ2v) is 4.57. The molecule has 2 aromatic heterocycles. The summed E-state index contributed by atoms with van der Waals surface area (Å²) in [6.07, 6.45) is 3.02. The summed E-state index contributed by atoms with van der Waals surface area (Å²) >= 11 is 0. The molecule has 0 fully saturated rings. The third-order valence-electron chi connectivity index (χ3n) is 3.21. The van der Waals surface area contributed by atoms with Crippen molar-refractivity contribution in [2.75, 3.05) is 11.2 Å². The monoisotopic (exact) mass is 292 g/mol. The van der Waals surface area contributed by atoms with E-state index in [1.165, 1.54) is 10.9 Å². The zero-order valence-electron chi connectivity index (χ0n) is 11.5. The highest BCUT2D eigenvalue weighted by Crippen LogP contribution is 2.28. The number of benzene rings is 1. The molecule has 3 rings (SSSR count). The standard InChI is InChI=1S/C16H12N4O2/c17-9-12-13(11-5-2-1-3-6-11)10-20(15(12)18)19-16(21)14-7-4-8-22-14/h1-8,10H,18H2,(H,19,21). The molecule has 0 saturated heterocycles. The predicted octanol–water partition coefficient (Wildman–Crippen LogP) is 2.59. The molecule has 0 bridgehead atoms. The van der Waals surface area contributed by atoms with Gasteiger partial charge in [-0.1, -0.05) is 30.3 Å². The zero-order valence-corrected chi connectivity index (χ0v) is 11.5. The molecule has 0 aliphatic carbocycles. The van der Waals surface area contributed by atoms with E-state index in [0.717, 1.165) is 5.56 Å². The molecular formula is C16H12N4O2. The maximum absolute atomic E-state index is 12.0. The molecule has 2 heterocycles. The van der Waals surface area contributed by atoms with E-state index < -0.39 is 5.91 Å². The number of rotatable bonds is 3. The number of nitrogens with two attached hydrogens (primary N) is 1. The minimum Gasteiger partial charge on any atom is -0.459 e. The molecule has 1 aromatic carbocycles. The van der Waals surface area contributed by atoms with Crippen LogP contribution in [0.4, 0.5) is 5.82 Å². The Hall–Kier alpha value is -3.46. The number of hydrogen-bond acceptors (Lipinski definition) is 4.